The Kier molecular flexibility index (Phi) is 11.2. The number of halogens is 3. The van der Waals surface area contributed by atoms with Crippen LogP contribution in [0.5, 0.6) is 11.6 Å². The first-order valence-electron chi connectivity index (χ1n) is 8.67. The van der Waals surface area contributed by atoms with Crippen LogP contribution in [0.2, 0.25) is 0 Å². The Bertz CT molecular complexity index is 730. The Morgan fingerprint density at radius 1 is 1.14 bits per heavy atom. The number of nitrogens with one attached hydrogen (secondary N) is 2. The highest BCUT2D eigenvalue weighted by atomic mass is 127. The van der Waals surface area contributed by atoms with E-state index in [4.69, 9.17) is 4.74 Å². The summed E-state index contributed by atoms with van der Waals surface area (Å²) in [6.07, 6.45) is 2.66. The molecule has 1 aromatic carbocycles. The van der Waals surface area contributed by atoms with Crippen molar-refractivity contribution in [3.05, 3.63) is 53.7 Å². The van der Waals surface area contributed by atoms with Crippen LogP contribution in [0.15, 0.2) is 47.6 Å². The number of hydrogen-bond donors (Lipinski definition) is 2. The average Bonchev–Trinajstić information content (AvgIpc) is 2.68. The van der Waals surface area contributed by atoms with Crippen LogP contribution >= 0.6 is 24.0 Å². The van der Waals surface area contributed by atoms with E-state index in [0.29, 0.717) is 37.1 Å². The molecule has 2 N–H and O–H groups in total. The van der Waals surface area contributed by atoms with Crippen LogP contribution in [0.1, 0.15) is 24.5 Å². The summed E-state index contributed by atoms with van der Waals surface area (Å²) in [7, 11) is 1.64. The van der Waals surface area contributed by atoms with Crippen LogP contribution in [0.25, 0.3) is 0 Å². The molecule has 0 amide bonds. The molecule has 154 valence electrons. The van der Waals surface area contributed by atoms with Gasteiger partial charge in [0.05, 0.1) is 6.61 Å². The minimum Gasteiger partial charge on any atom is -0.478 e. The van der Waals surface area contributed by atoms with Crippen molar-refractivity contribution in [2.75, 3.05) is 13.7 Å². The summed E-state index contributed by atoms with van der Waals surface area (Å²) in [5.74, 6) is 1.27. The van der Waals surface area contributed by atoms with E-state index in [1.165, 1.54) is 6.07 Å². The van der Waals surface area contributed by atoms with Crippen LogP contribution in [-0.4, -0.2) is 31.2 Å². The number of benzene rings is 1. The van der Waals surface area contributed by atoms with Crippen molar-refractivity contribution in [2.45, 2.75) is 33.0 Å². The topological polar surface area (TPSA) is 67.8 Å². The molecule has 1 aromatic heterocycles. The van der Waals surface area contributed by atoms with Gasteiger partial charge >= 0.3 is 6.61 Å². The maximum atomic E-state index is 12.5. The fourth-order valence-electron chi connectivity index (χ4n) is 2.25. The van der Waals surface area contributed by atoms with Gasteiger partial charge in [-0.05, 0) is 18.1 Å². The van der Waals surface area contributed by atoms with Crippen LogP contribution in [0.3, 0.4) is 0 Å². The summed E-state index contributed by atoms with van der Waals surface area (Å²) in [4.78, 5) is 8.37. The first-order chi connectivity index (χ1) is 13.1. The number of aromatic nitrogens is 1. The number of aliphatic imine (C=N–C) groups is 1. The molecule has 0 fully saturated rings. The second-order valence-corrected chi connectivity index (χ2v) is 5.62. The summed E-state index contributed by atoms with van der Waals surface area (Å²) >= 11 is 0. The van der Waals surface area contributed by atoms with Crippen LogP contribution in [0, 0.1) is 0 Å². The molecule has 0 unspecified atom stereocenters. The van der Waals surface area contributed by atoms with Crippen molar-refractivity contribution < 1.29 is 18.3 Å². The van der Waals surface area contributed by atoms with Gasteiger partial charge in [0.2, 0.25) is 5.88 Å². The molecule has 0 aliphatic rings. The van der Waals surface area contributed by atoms with Crippen molar-refractivity contribution in [2.24, 2.45) is 4.99 Å². The third-order valence-electron chi connectivity index (χ3n) is 3.57. The lowest BCUT2D eigenvalue weighted by Crippen LogP contribution is -2.36. The van der Waals surface area contributed by atoms with Crippen LogP contribution in [0.4, 0.5) is 8.78 Å². The van der Waals surface area contributed by atoms with Crippen molar-refractivity contribution in [1.82, 2.24) is 15.6 Å². The largest absolute Gasteiger partial charge is 0.478 e. The third-order valence-corrected chi connectivity index (χ3v) is 3.57. The summed E-state index contributed by atoms with van der Waals surface area (Å²) in [6, 6.07) is 10.4. The summed E-state index contributed by atoms with van der Waals surface area (Å²) in [6.45, 7) is 0.619. The van der Waals surface area contributed by atoms with E-state index in [1.54, 1.807) is 31.4 Å². The molecule has 9 heteroatoms. The molecule has 2 rings (SSSR count). The molecular weight excluding hydrogens is 481 g/mol. The molecule has 28 heavy (non-hydrogen) atoms. The molecule has 0 saturated heterocycles. The fraction of sp³-hybridized carbons (Fsp3) is 0.368. The number of rotatable bonds is 9. The van der Waals surface area contributed by atoms with Crippen LogP contribution < -0.4 is 20.1 Å². The maximum Gasteiger partial charge on any atom is 0.387 e. The van der Waals surface area contributed by atoms with Gasteiger partial charge < -0.3 is 20.1 Å². The minimum absolute atomic E-state index is 0. The zero-order valence-corrected chi connectivity index (χ0v) is 18.2. The normalized spacial score (nSPS) is 11.0. The van der Waals surface area contributed by atoms with Gasteiger partial charge in [0, 0.05) is 38.0 Å². The van der Waals surface area contributed by atoms with Gasteiger partial charge in [-0.3, -0.25) is 4.99 Å². The lowest BCUT2D eigenvalue weighted by molar-refractivity contribution is -0.0504. The summed E-state index contributed by atoms with van der Waals surface area (Å²) in [5, 5.41) is 6.23. The van der Waals surface area contributed by atoms with Gasteiger partial charge in [-0.15, -0.1) is 24.0 Å². The molecule has 0 spiro atoms. The second kappa shape index (κ2) is 13.1. The predicted molar refractivity (Wildman–Crippen MR) is 116 cm³/mol. The van der Waals surface area contributed by atoms with Crippen molar-refractivity contribution >= 4 is 29.9 Å². The monoisotopic (exact) mass is 506 g/mol. The SMILES string of the molecule is CCCOc1ccc(CNC(=NC)NCc2ccccc2OC(F)F)cn1.I. The first-order valence-corrected chi connectivity index (χ1v) is 8.67. The molecule has 0 atom stereocenters. The second-order valence-electron chi connectivity index (χ2n) is 5.62. The van der Waals surface area contributed by atoms with Gasteiger partial charge in [-0.2, -0.15) is 8.78 Å². The maximum absolute atomic E-state index is 12.5. The smallest absolute Gasteiger partial charge is 0.387 e. The highest BCUT2D eigenvalue weighted by molar-refractivity contribution is 14.0. The molecule has 0 aliphatic carbocycles. The number of alkyl halides is 2. The Morgan fingerprint density at radius 2 is 1.89 bits per heavy atom. The van der Waals surface area contributed by atoms with Gasteiger partial charge in [-0.25, -0.2) is 4.98 Å². The number of guanidine groups is 1. The van der Waals surface area contributed by atoms with E-state index in [0.717, 1.165) is 12.0 Å². The molecule has 2 aromatic rings. The van der Waals surface area contributed by atoms with Gasteiger partial charge in [0.15, 0.2) is 5.96 Å². The average molecular weight is 506 g/mol. The van der Waals surface area contributed by atoms with Crippen molar-refractivity contribution in [3.8, 4) is 11.6 Å². The van der Waals surface area contributed by atoms with Gasteiger partial charge in [0.1, 0.15) is 5.75 Å². The van der Waals surface area contributed by atoms with Crippen LogP contribution in [-0.2, 0) is 13.1 Å². The minimum atomic E-state index is -2.86. The number of nitrogens with zero attached hydrogens (tertiary/aromatic N) is 2. The molecule has 0 aliphatic heterocycles. The predicted octanol–water partition coefficient (Wildman–Crippen LogP) is 3.96. The summed E-state index contributed by atoms with van der Waals surface area (Å²) < 4.78 is 34.9. The van der Waals surface area contributed by atoms with Crippen molar-refractivity contribution in [1.29, 1.82) is 0 Å². The highest BCUT2D eigenvalue weighted by Crippen LogP contribution is 2.19. The van der Waals surface area contributed by atoms with E-state index in [1.807, 2.05) is 19.1 Å². The number of pyridine rings is 1. The Morgan fingerprint density at radius 3 is 2.54 bits per heavy atom. The fourth-order valence-corrected chi connectivity index (χ4v) is 2.25. The van der Waals surface area contributed by atoms with Gasteiger partial charge in [0.25, 0.3) is 0 Å². The summed E-state index contributed by atoms with van der Waals surface area (Å²) in [5.41, 5.74) is 1.57. The number of hydrogen-bond acceptors (Lipinski definition) is 4. The number of ether oxygens (including phenoxy) is 2. The molecule has 0 bridgehead atoms. The molecule has 0 radical (unpaired) electrons. The van der Waals surface area contributed by atoms with Gasteiger partial charge in [-0.1, -0.05) is 31.2 Å². The first kappa shape index (κ1) is 23.9. The zero-order chi connectivity index (χ0) is 19.5. The lowest BCUT2D eigenvalue weighted by atomic mass is 10.2. The van der Waals surface area contributed by atoms with E-state index in [-0.39, 0.29) is 29.7 Å². The van der Waals surface area contributed by atoms with E-state index in [2.05, 4.69) is 25.3 Å². The Labute approximate surface area is 180 Å². The molecule has 6 nitrogen and oxygen atoms in total. The quantitative estimate of drug-likeness (QED) is 0.306. The van der Waals surface area contributed by atoms with E-state index in [9.17, 15) is 8.78 Å². The molecule has 1 heterocycles. The standard InChI is InChI=1S/C19H24F2N4O2.HI/c1-3-10-26-17-9-8-14(11-23-17)12-24-19(22-2)25-13-15-6-4-5-7-16(15)27-18(20)21;/h4-9,11,18H,3,10,12-13H2,1-2H3,(H2,22,24,25);1H. The van der Waals surface area contributed by atoms with E-state index < -0.39 is 6.61 Å². The highest BCUT2D eigenvalue weighted by Gasteiger charge is 2.09. The lowest BCUT2D eigenvalue weighted by Gasteiger charge is -2.14. The Hall–Kier alpha value is -2.17. The Balaban J connectivity index is 0.00000392. The third kappa shape index (κ3) is 8.24. The van der Waals surface area contributed by atoms with Crippen molar-refractivity contribution in [3.63, 3.8) is 0 Å². The zero-order valence-electron chi connectivity index (χ0n) is 15.8. The molecular formula is C19H25F2IN4O2. The number of para-hydroxylation sites is 1. The molecule has 0 saturated carbocycles. The van der Waals surface area contributed by atoms with E-state index >= 15 is 0 Å².